The van der Waals surface area contributed by atoms with Gasteiger partial charge in [-0.15, -0.1) is 0 Å². The molecule has 0 aromatic heterocycles. The van der Waals surface area contributed by atoms with Crippen molar-refractivity contribution >= 4 is 27.5 Å². The summed E-state index contributed by atoms with van der Waals surface area (Å²) < 4.78 is 32.3. The summed E-state index contributed by atoms with van der Waals surface area (Å²) in [6, 6.07) is 6.45. The lowest BCUT2D eigenvalue weighted by atomic mass is 10.2. The second-order valence-corrected chi connectivity index (χ2v) is 8.86. The van der Waals surface area contributed by atoms with E-state index in [-0.39, 0.29) is 28.5 Å². The maximum absolute atomic E-state index is 12.7. The van der Waals surface area contributed by atoms with Gasteiger partial charge in [-0.05, 0) is 25.0 Å². The summed E-state index contributed by atoms with van der Waals surface area (Å²) in [4.78, 5) is 14.1. The summed E-state index contributed by atoms with van der Waals surface area (Å²) in [5, 5.41) is 3.12. The molecule has 2 aliphatic rings. The fourth-order valence-electron chi connectivity index (χ4n) is 3.21. The van der Waals surface area contributed by atoms with E-state index in [1.54, 1.807) is 18.2 Å². The number of hydrogen-bond donors (Lipinski definition) is 1. The van der Waals surface area contributed by atoms with Gasteiger partial charge in [0.15, 0.2) is 0 Å². The van der Waals surface area contributed by atoms with Crippen LogP contribution in [0.4, 0.5) is 0 Å². The molecule has 0 bridgehead atoms. The average Bonchev–Trinajstić information content (AvgIpc) is 3.14. The van der Waals surface area contributed by atoms with Crippen LogP contribution in [0, 0.1) is 0 Å². The van der Waals surface area contributed by atoms with Crippen LogP contribution in [0.5, 0.6) is 0 Å². The third kappa shape index (κ3) is 4.75. The zero-order chi connectivity index (χ0) is 18.6. The molecular formula is C17H24ClN3O4S. The van der Waals surface area contributed by atoms with Gasteiger partial charge in [0.1, 0.15) is 4.90 Å². The summed E-state index contributed by atoms with van der Waals surface area (Å²) in [6.07, 6.45) is 2.15. The zero-order valence-electron chi connectivity index (χ0n) is 14.6. The smallest absolute Gasteiger partial charge is 0.244 e. The Kier molecular flexibility index (Phi) is 6.52. The predicted molar refractivity (Wildman–Crippen MR) is 98.6 cm³/mol. The van der Waals surface area contributed by atoms with Crippen LogP contribution in [0.3, 0.4) is 0 Å². The normalized spacial score (nSPS) is 22.4. The van der Waals surface area contributed by atoms with Gasteiger partial charge < -0.3 is 10.1 Å². The Bertz CT molecular complexity index is 729. The monoisotopic (exact) mass is 401 g/mol. The summed E-state index contributed by atoms with van der Waals surface area (Å²) in [5.41, 5.74) is 0. The minimum Gasteiger partial charge on any atom is -0.376 e. The van der Waals surface area contributed by atoms with E-state index < -0.39 is 10.0 Å². The number of hydrogen-bond acceptors (Lipinski definition) is 5. The highest BCUT2D eigenvalue weighted by Gasteiger charge is 2.30. The second kappa shape index (κ2) is 8.67. The summed E-state index contributed by atoms with van der Waals surface area (Å²) in [7, 11) is -3.61. The molecule has 1 amide bonds. The standard InChI is InChI=1S/C17H24ClN3O4S/c18-15-5-1-2-6-16(15)26(23,24)21-9-7-20(8-10-21)13-17(22)19-12-14-4-3-11-25-14/h1-2,5-6,14H,3-4,7-13H2,(H,19,22)/t14-/m1/s1. The fraction of sp³-hybridized carbons (Fsp3) is 0.588. The van der Waals surface area contributed by atoms with E-state index in [0.717, 1.165) is 19.4 Å². The van der Waals surface area contributed by atoms with Crippen molar-refractivity contribution in [1.82, 2.24) is 14.5 Å². The van der Waals surface area contributed by atoms with Crippen molar-refractivity contribution in [1.29, 1.82) is 0 Å². The number of amides is 1. The van der Waals surface area contributed by atoms with Crippen LogP contribution >= 0.6 is 11.6 Å². The minimum absolute atomic E-state index is 0.0529. The van der Waals surface area contributed by atoms with Gasteiger partial charge in [-0.3, -0.25) is 9.69 Å². The Morgan fingerprint density at radius 3 is 2.62 bits per heavy atom. The molecule has 0 saturated carbocycles. The van der Waals surface area contributed by atoms with Gasteiger partial charge >= 0.3 is 0 Å². The van der Waals surface area contributed by atoms with Gasteiger partial charge in [-0.25, -0.2) is 8.42 Å². The molecule has 1 atom stereocenters. The quantitative estimate of drug-likeness (QED) is 0.767. The number of nitrogens with zero attached hydrogens (tertiary/aromatic N) is 2. The molecule has 1 aromatic rings. The number of halogens is 1. The topological polar surface area (TPSA) is 79.0 Å². The molecule has 2 aliphatic heterocycles. The van der Waals surface area contributed by atoms with E-state index in [1.807, 2.05) is 4.90 Å². The number of benzene rings is 1. The van der Waals surface area contributed by atoms with E-state index >= 15 is 0 Å². The first kappa shape index (κ1) is 19.6. The highest BCUT2D eigenvalue weighted by atomic mass is 35.5. The molecule has 0 aliphatic carbocycles. The SMILES string of the molecule is O=C(CN1CCN(S(=O)(=O)c2ccccc2Cl)CC1)NC[C@H]1CCCO1. The van der Waals surface area contributed by atoms with Crippen molar-refractivity contribution in [3.8, 4) is 0 Å². The van der Waals surface area contributed by atoms with Gasteiger partial charge in [-0.2, -0.15) is 4.31 Å². The van der Waals surface area contributed by atoms with Gasteiger partial charge in [0.2, 0.25) is 15.9 Å². The average molecular weight is 402 g/mol. The lowest BCUT2D eigenvalue weighted by Gasteiger charge is -2.33. The van der Waals surface area contributed by atoms with Crippen LogP contribution in [-0.2, 0) is 19.6 Å². The maximum Gasteiger partial charge on any atom is 0.244 e. The number of sulfonamides is 1. The zero-order valence-corrected chi connectivity index (χ0v) is 16.1. The lowest BCUT2D eigenvalue weighted by molar-refractivity contribution is -0.123. The van der Waals surface area contributed by atoms with Crippen molar-refractivity contribution in [3.05, 3.63) is 29.3 Å². The van der Waals surface area contributed by atoms with Crippen LogP contribution in [0.2, 0.25) is 5.02 Å². The maximum atomic E-state index is 12.7. The molecule has 0 radical (unpaired) electrons. The van der Waals surface area contributed by atoms with Crippen molar-refractivity contribution in [2.45, 2.75) is 23.8 Å². The summed E-state index contributed by atoms with van der Waals surface area (Å²) >= 11 is 6.03. The fourth-order valence-corrected chi connectivity index (χ4v) is 5.13. The Labute approximate surface area is 159 Å². The minimum atomic E-state index is -3.61. The molecule has 26 heavy (non-hydrogen) atoms. The molecular weight excluding hydrogens is 378 g/mol. The predicted octanol–water partition coefficient (Wildman–Crippen LogP) is 0.941. The highest BCUT2D eigenvalue weighted by molar-refractivity contribution is 7.89. The Balaban J connectivity index is 1.48. The molecule has 144 valence electrons. The van der Waals surface area contributed by atoms with Crippen LogP contribution in [0.15, 0.2) is 29.2 Å². The molecule has 0 unspecified atom stereocenters. The third-order valence-electron chi connectivity index (χ3n) is 4.70. The van der Waals surface area contributed by atoms with Crippen LogP contribution < -0.4 is 5.32 Å². The molecule has 2 saturated heterocycles. The van der Waals surface area contributed by atoms with Crippen LogP contribution in [0.25, 0.3) is 0 Å². The number of piperazine rings is 1. The molecule has 0 spiro atoms. The molecule has 9 heteroatoms. The van der Waals surface area contributed by atoms with E-state index in [9.17, 15) is 13.2 Å². The van der Waals surface area contributed by atoms with Crippen LogP contribution in [0.1, 0.15) is 12.8 Å². The number of ether oxygens (including phenoxy) is 1. The van der Waals surface area contributed by atoms with Crippen LogP contribution in [-0.4, -0.2) is 75.5 Å². The number of rotatable bonds is 6. The molecule has 1 N–H and O–H groups in total. The number of nitrogens with one attached hydrogen (secondary N) is 1. The lowest BCUT2D eigenvalue weighted by Crippen LogP contribution is -2.51. The van der Waals surface area contributed by atoms with Crippen molar-refractivity contribution < 1.29 is 17.9 Å². The molecule has 7 nitrogen and oxygen atoms in total. The Hall–Kier alpha value is -1.19. The van der Waals surface area contributed by atoms with Crippen molar-refractivity contribution in [2.75, 3.05) is 45.9 Å². The largest absolute Gasteiger partial charge is 0.376 e. The van der Waals surface area contributed by atoms with Gasteiger partial charge in [0.25, 0.3) is 0 Å². The summed E-state index contributed by atoms with van der Waals surface area (Å²) in [6.45, 7) is 3.28. The van der Waals surface area contributed by atoms with Crippen molar-refractivity contribution in [3.63, 3.8) is 0 Å². The number of carbonyl (C=O) groups excluding carboxylic acids is 1. The first-order valence-corrected chi connectivity index (χ1v) is 10.6. The highest BCUT2D eigenvalue weighted by Crippen LogP contribution is 2.24. The van der Waals surface area contributed by atoms with E-state index in [0.29, 0.717) is 32.7 Å². The Morgan fingerprint density at radius 2 is 1.96 bits per heavy atom. The second-order valence-electron chi connectivity index (χ2n) is 6.55. The molecule has 2 heterocycles. The van der Waals surface area contributed by atoms with Gasteiger partial charge in [0.05, 0.1) is 17.7 Å². The van der Waals surface area contributed by atoms with E-state index in [4.69, 9.17) is 16.3 Å². The molecule has 2 fully saturated rings. The van der Waals surface area contributed by atoms with Gasteiger partial charge in [-0.1, -0.05) is 23.7 Å². The third-order valence-corrected chi connectivity index (χ3v) is 7.10. The Morgan fingerprint density at radius 1 is 1.23 bits per heavy atom. The summed E-state index contributed by atoms with van der Waals surface area (Å²) in [5.74, 6) is -0.0529. The van der Waals surface area contributed by atoms with Gasteiger partial charge in [0, 0.05) is 39.3 Å². The molecule has 3 rings (SSSR count). The number of carbonyl (C=O) groups is 1. The van der Waals surface area contributed by atoms with Crippen molar-refractivity contribution in [2.24, 2.45) is 0 Å². The van der Waals surface area contributed by atoms with E-state index in [1.165, 1.54) is 10.4 Å². The first-order valence-electron chi connectivity index (χ1n) is 8.82. The van der Waals surface area contributed by atoms with E-state index in [2.05, 4.69) is 5.32 Å². The molecule has 1 aromatic carbocycles. The first-order chi connectivity index (χ1) is 12.5.